The van der Waals surface area contributed by atoms with Gasteiger partial charge in [0.2, 0.25) is 0 Å². The predicted molar refractivity (Wildman–Crippen MR) is 97.6 cm³/mol. The first kappa shape index (κ1) is 18.4. The summed E-state index contributed by atoms with van der Waals surface area (Å²) >= 11 is 0. The largest absolute Gasteiger partial charge is 0.482 e. The number of hydrogen-bond donors (Lipinski definition) is 0. The number of carbonyl (C=O) groups excluding carboxylic acids is 2. The summed E-state index contributed by atoms with van der Waals surface area (Å²) in [5.74, 6) is 0.536. The molecule has 0 aliphatic heterocycles. The molecule has 0 atom stereocenters. The van der Waals surface area contributed by atoms with E-state index in [1.54, 1.807) is 50.2 Å². The van der Waals surface area contributed by atoms with Crippen LogP contribution in [0.1, 0.15) is 32.9 Å². The maximum atomic E-state index is 12.3. The SMILES string of the molecule is Cc1noc(C)c1COC(=O)COc1ccc(C(=O)c2ccccc2)cc1. The Morgan fingerprint density at radius 1 is 0.963 bits per heavy atom. The number of ether oxygens (including phenoxy) is 2. The molecular weight excluding hydrogens is 346 g/mol. The zero-order valence-electron chi connectivity index (χ0n) is 15.1. The van der Waals surface area contributed by atoms with Gasteiger partial charge in [0.25, 0.3) is 0 Å². The highest BCUT2D eigenvalue weighted by Crippen LogP contribution is 2.16. The number of esters is 1. The van der Waals surface area contributed by atoms with Gasteiger partial charge in [0.1, 0.15) is 18.1 Å². The Balaban J connectivity index is 1.51. The van der Waals surface area contributed by atoms with Gasteiger partial charge in [-0.15, -0.1) is 0 Å². The van der Waals surface area contributed by atoms with Crippen LogP contribution in [0.4, 0.5) is 0 Å². The molecule has 0 amide bonds. The molecule has 6 heteroatoms. The first-order valence-electron chi connectivity index (χ1n) is 8.44. The van der Waals surface area contributed by atoms with Crippen LogP contribution < -0.4 is 4.74 Å². The molecule has 0 spiro atoms. The van der Waals surface area contributed by atoms with E-state index in [2.05, 4.69) is 5.16 Å². The van der Waals surface area contributed by atoms with E-state index in [1.807, 2.05) is 18.2 Å². The van der Waals surface area contributed by atoms with E-state index in [-0.39, 0.29) is 19.0 Å². The van der Waals surface area contributed by atoms with Crippen molar-refractivity contribution in [2.24, 2.45) is 0 Å². The summed E-state index contributed by atoms with van der Waals surface area (Å²) in [5, 5.41) is 3.81. The fourth-order valence-corrected chi connectivity index (χ4v) is 2.50. The van der Waals surface area contributed by atoms with Gasteiger partial charge in [-0.2, -0.15) is 0 Å². The summed E-state index contributed by atoms with van der Waals surface area (Å²) in [6.07, 6.45) is 0. The molecule has 0 N–H and O–H groups in total. The number of nitrogens with zero attached hydrogens (tertiary/aromatic N) is 1. The molecule has 27 heavy (non-hydrogen) atoms. The van der Waals surface area contributed by atoms with Gasteiger partial charge in [0.05, 0.1) is 11.3 Å². The summed E-state index contributed by atoms with van der Waals surface area (Å²) in [6, 6.07) is 15.7. The van der Waals surface area contributed by atoms with E-state index in [4.69, 9.17) is 14.0 Å². The van der Waals surface area contributed by atoms with Gasteiger partial charge in [-0.1, -0.05) is 35.5 Å². The third kappa shape index (κ3) is 4.61. The molecule has 0 aliphatic rings. The second-order valence-electron chi connectivity index (χ2n) is 5.97. The van der Waals surface area contributed by atoms with Crippen molar-refractivity contribution < 1.29 is 23.6 Å². The quantitative estimate of drug-likeness (QED) is 0.470. The molecule has 0 saturated heterocycles. The van der Waals surface area contributed by atoms with Crippen molar-refractivity contribution in [2.45, 2.75) is 20.5 Å². The molecule has 0 aliphatic carbocycles. The van der Waals surface area contributed by atoms with Crippen molar-refractivity contribution >= 4 is 11.8 Å². The Kier molecular flexibility index (Phi) is 5.66. The van der Waals surface area contributed by atoms with Crippen LogP contribution in [0.15, 0.2) is 59.1 Å². The number of benzene rings is 2. The zero-order valence-corrected chi connectivity index (χ0v) is 15.1. The average Bonchev–Trinajstić information content (AvgIpc) is 3.03. The molecule has 1 heterocycles. The summed E-state index contributed by atoms with van der Waals surface area (Å²) in [6.45, 7) is 3.41. The average molecular weight is 365 g/mol. The molecule has 0 unspecified atom stereocenters. The molecule has 0 fully saturated rings. The number of carbonyl (C=O) groups is 2. The predicted octanol–water partition coefficient (Wildman–Crippen LogP) is 3.64. The van der Waals surface area contributed by atoms with E-state index >= 15 is 0 Å². The van der Waals surface area contributed by atoms with Gasteiger partial charge in [0.15, 0.2) is 12.4 Å². The van der Waals surface area contributed by atoms with Crippen molar-refractivity contribution in [3.05, 3.63) is 82.7 Å². The Bertz CT molecular complexity index is 909. The van der Waals surface area contributed by atoms with Gasteiger partial charge < -0.3 is 14.0 Å². The van der Waals surface area contributed by atoms with E-state index in [9.17, 15) is 9.59 Å². The van der Waals surface area contributed by atoms with Crippen molar-refractivity contribution in [2.75, 3.05) is 6.61 Å². The van der Waals surface area contributed by atoms with Crippen LogP contribution in [0, 0.1) is 13.8 Å². The lowest BCUT2D eigenvalue weighted by Gasteiger charge is -2.08. The Morgan fingerprint density at radius 3 is 2.26 bits per heavy atom. The highest BCUT2D eigenvalue weighted by molar-refractivity contribution is 6.08. The van der Waals surface area contributed by atoms with Crippen molar-refractivity contribution in [1.29, 1.82) is 0 Å². The van der Waals surface area contributed by atoms with Crippen LogP contribution in [0.2, 0.25) is 0 Å². The smallest absolute Gasteiger partial charge is 0.344 e. The van der Waals surface area contributed by atoms with Crippen LogP contribution in [-0.2, 0) is 16.1 Å². The minimum absolute atomic E-state index is 0.0685. The van der Waals surface area contributed by atoms with Gasteiger partial charge in [-0.25, -0.2) is 4.79 Å². The third-order valence-electron chi connectivity index (χ3n) is 4.07. The third-order valence-corrected chi connectivity index (χ3v) is 4.07. The van der Waals surface area contributed by atoms with Gasteiger partial charge in [-0.05, 0) is 38.1 Å². The topological polar surface area (TPSA) is 78.6 Å². The van der Waals surface area contributed by atoms with Crippen molar-refractivity contribution in [3.63, 3.8) is 0 Å². The maximum absolute atomic E-state index is 12.3. The van der Waals surface area contributed by atoms with Crippen molar-refractivity contribution in [3.8, 4) is 5.75 Å². The number of rotatable bonds is 7. The normalized spacial score (nSPS) is 10.4. The zero-order chi connectivity index (χ0) is 19.2. The van der Waals surface area contributed by atoms with Crippen LogP contribution >= 0.6 is 0 Å². The van der Waals surface area contributed by atoms with Gasteiger partial charge in [-0.3, -0.25) is 4.79 Å². The molecule has 6 nitrogen and oxygen atoms in total. The number of aryl methyl sites for hydroxylation is 2. The molecule has 0 saturated carbocycles. The number of aromatic nitrogens is 1. The lowest BCUT2D eigenvalue weighted by molar-refractivity contribution is -0.147. The van der Waals surface area contributed by atoms with Crippen LogP contribution in [0.5, 0.6) is 5.75 Å². The van der Waals surface area contributed by atoms with Crippen LogP contribution in [-0.4, -0.2) is 23.5 Å². The lowest BCUT2D eigenvalue weighted by atomic mass is 10.0. The second-order valence-corrected chi connectivity index (χ2v) is 5.97. The van der Waals surface area contributed by atoms with Crippen LogP contribution in [0.3, 0.4) is 0 Å². The fraction of sp³-hybridized carbons (Fsp3) is 0.190. The Morgan fingerprint density at radius 2 is 1.63 bits per heavy atom. The maximum Gasteiger partial charge on any atom is 0.344 e. The highest BCUT2D eigenvalue weighted by atomic mass is 16.6. The second kappa shape index (κ2) is 8.31. The fourth-order valence-electron chi connectivity index (χ4n) is 2.50. The summed E-state index contributed by atoms with van der Waals surface area (Å²) in [5.41, 5.74) is 2.62. The molecule has 2 aromatic carbocycles. The Hall–Kier alpha value is -3.41. The lowest BCUT2D eigenvalue weighted by Crippen LogP contribution is -2.15. The summed E-state index contributed by atoms with van der Waals surface area (Å²) < 4.78 is 15.6. The molecular formula is C21H19NO5. The summed E-state index contributed by atoms with van der Waals surface area (Å²) in [7, 11) is 0. The first-order chi connectivity index (χ1) is 13.0. The molecule has 138 valence electrons. The Labute approximate surface area is 156 Å². The molecule has 3 aromatic rings. The monoisotopic (exact) mass is 365 g/mol. The minimum Gasteiger partial charge on any atom is -0.482 e. The first-order valence-corrected chi connectivity index (χ1v) is 8.44. The van der Waals surface area contributed by atoms with E-state index in [0.29, 0.717) is 28.3 Å². The van der Waals surface area contributed by atoms with Gasteiger partial charge in [0, 0.05) is 11.1 Å². The highest BCUT2D eigenvalue weighted by Gasteiger charge is 2.13. The summed E-state index contributed by atoms with van der Waals surface area (Å²) in [4.78, 5) is 24.2. The molecule has 3 rings (SSSR count). The molecule has 1 aromatic heterocycles. The number of hydrogen-bond acceptors (Lipinski definition) is 6. The van der Waals surface area contributed by atoms with E-state index in [1.165, 1.54) is 0 Å². The van der Waals surface area contributed by atoms with E-state index < -0.39 is 5.97 Å². The molecule has 0 radical (unpaired) electrons. The van der Waals surface area contributed by atoms with E-state index in [0.717, 1.165) is 5.56 Å². The van der Waals surface area contributed by atoms with Crippen LogP contribution in [0.25, 0.3) is 0 Å². The number of ketones is 1. The minimum atomic E-state index is -0.501. The standard InChI is InChI=1S/C21H19NO5/c1-14-19(15(2)27-22-14)12-26-20(23)13-25-18-10-8-17(9-11-18)21(24)16-6-4-3-5-7-16/h3-11H,12-13H2,1-2H3. The van der Waals surface area contributed by atoms with Gasteiger partial charge >= 0.3 is 5.97 Å². The van der Waals surface area contributed by atoms with Crippen molar-refractivity contribution in [1.82, 2.24) is 5.16 Å². The molecule has 0 bridgehead atoms.